The van der Waals surface area contributed by atoms with E-state index < -0.39 is 11.8 Å². The highest BCUT2D eigenvalue weighted by Crippen LogP contribution is 2.24. The Labute approximate surface area is 180 Å². The third-order valence-corrected chi connectivity index (χ3v) is 5.22. The number of hydrogen-bond donors (Lipinski definition) is 3. The minimum atomic E-state index is -0.437. The summed E-state index contributed by atoms with van der Waals surface area (Å²) in [6.45, 7) is 0. The Morgan fingerprint density at radius 1 is 0.903 bits per heavy atom. The molecular formula is C24H26N4O3. The van der Waals surface area contributed by atoms with Crippen LogP contribution in [0.4, 0.5) is 5.69 Å². The van der Waals surface area contributed by atoms with Crippen molar-refractivity contribution in [2.24, 2.45) is 11.5 Å². The van der Waals surface area contributed by atoms with Gasteiger partial charge in [0.15, 0.2) is 0 Å². The van der Waals surface area contributed by atoms with Crippen molar-refractivity contribution in [3.63, 3.8) is 0 Å². The second-order valence-corrected chi connectivity index (χ2v) is 7.48. The highest BCUT2D eigenvalue weighted by atomic mass is 16.2. The SMILES string of the molecule is NC(=O)CCCCCC(C(N)=O)c1ccc(C(=O)Nc2cccc3cccnc23)cc1. The number of anilines is 1. The molecule has 1 unspecified atom stereocenters. The van der Waals surface area contributed by atoms with Gasteiger partial charge in [-0.25, -0.2) is 0 Å². The summed E-state index contributed by atoms with van der Waals surface area (Å²) in [5.74, 6) is -1.42. The molecule has 0 aliphatic rings. The van der Waals surface area contributed by atoms with Crippen molar-refractivity contribution in [3.05, 3.63) is 71.9 Å². The van der Waals surface area contributed by atoms with E-state index in [1.165, 1.54) is 0 Å². The molecule has 7 heteroatoms. The predicted molar refractivity (Wildman–Crippen MR) is 120 cm³/mol. The number of aromatic nitrogens is 1. The van der Waals surface area contributed by atoms with Gasteiger partial charge in [0.2, 0.25) is 11.8 Å². The number of rotatable bonds is 10. The van der Waals surface area contributed by atoms with E-state index in [0.717, 1.165) is 29.3 Å². The van der Waals surface area contributed by atoms with E-state index in [4.69, 9.17) is 11.5 Å². The maximum absolute atomic E-state index is 12.7. The lowest BCUT2D eigenvalue weighted by Crippen LogP contribution is -2.21. The van der Waals surface area contributed by atoms with Gasteiger partial charge in [-0.05, 0) is 42.7 Å². The largest absolute Gasteiger partial charge is 0.370 e. The number of nitrogens with one attached hydrogen (secondary N) is 1. The van der Waals surface area contributed by atoms with Crippen LogP contribution < -0.4 is 16.8 Å². The van der Waals surface area contributed by atoms with Crippen LogP contribution in [0, 0.1) is 0 Å². The molecule has 0 saturated heterocycles. The molecule has 0 aliphatic carbocycles. The molecule has 3 amide bonds. The molecule has 0 spiro atoms. The number of unbranched alkanes of at least 4 members (excludes halogenated alkanes) is 2. The lowest BCUT2D eigenvalue weighted by atomic mass is 9.91. The summed E-state index contributed by atoms with van der Waals surface area (Å²) >= 11 is 0. The van der Waals surface area contributed by atoms with E-state index in [2.05, 4.69) is 10.3 Å². The minimum Gasteiger partial charge on any atom is -0.370 e. The van der Waals surface area contributed by atoms with Crippen molar-refractivity contribution in [1.82, 2.24) is 4.98 Å². The van der Waals surface area contributed by atoms with Crippen molar-refractivity contribution in [1.29, 1.82) is 0 Å². The van der Waals surface area contributed by atoms with Gasteiger partial charge in [-0.3, -0.25) is 19.4 Å². The van der Waals surface area contributed by atoms with Gasteiger partial charge in [-0.15, -0.1) is 0 Å². The molecule has 7 nitrogen and oxygen atoms in total. The Hall–Kier alpha value is -3.74. The highest BCUT2D eigenvalue weighted by Gasteiger charge is 2.18. The van der Waals surface area contributed by atoms with E-state index >= 15 is 0 Å². The molecule has 0 radical (unpaired) electrons. The van der Waals surface area contributed by atoms with Crippen LogP contribution in [-0.2, 0) is 9.59 Å². The molecule has 1 atom stereocenters. The van der Waals surface area contributed by atoms with E-state index in [1.807, 2.05) is 30.3 Å². The van der Waals surface area contributed by atoms with Gasteiger partial charge in [-0.2, -0.15) is 0 Å². The van der Waals surface area contributed by atoms with Crippen molar-refractivity contribution in [2.45, 2.75) is 38.0 Å². The molecule has 0 fully saturated rings. The number of carbonyl (C=O) groups excluding carboxylic acids is 3. The van der Waals surface area contributed by atoms with Crippen molar-refractivity contribution >= 4 is 34.3 Å². The molecule has 0 saturated carbocycles. The summed E-state index contributed by atoms with van der Waals surface area (Å²) in [5, 5.41) is 3.84. The summed E-state index contributed by atoms with van der Waals surface area (Å²) in [6.07, 6.45) is 4.87. The van der Waals surface area contributed by atoms with Crippen LogP contribution in [-0.4, -0.2) is 22.7 Å². The molecule has 5 N–H and O–H groups in total. The first-order valence-corrected chi connectivity index (χ1v) is 10.3. The molecule has 31 heavy (non-hydrogen) atoms. The monoisotopic (exact) mass is 418 g/mol. The summed E-state index contributed by atoms with van der Waals surface area (Å²) in [4.78, 5) is 39.8. The molecule has 160 valence electrons. The lowest BCUT2D eigenvalue weighted by Gasteiger charge is -2.14. The quantitative estimate of drug-likeness (QED) is 0.435. The number of hydrogen-bond acceptors (Lipinski definition) is 4. The van der Waals surface area contributed by atoms with Crippen LogP contribution in [0.1, 0.15) is 53.9 Å². The molecular weight excluding hydrogens is 392 g/mol. The molecule has 1 heterocycles. The summed E-state index contributed by atoms with van der Waals surface area (Å²) in [7, 11) is 0. The minimum absolute atomic E-state index is 0.258. The Bertz CT molecular complexity index is 1070. The third kappa shape index (κ3) is 5.88. The fraction of sp³-hybridized carbons (Fsp3) is 0.250. The van der Waals surface area contributed by atoms with E-state index in [0.29, 0.717) is 30.5 Å². The van der Waals surface area contributed by atoms with E-state index in [1.54, 1.807) is 30.5 Å². The number of fused-ring (bicyclic) bond motifs is 1. The van der Waals surface area contributed by atoms with Crippen molar-refractivity contribution < 1.29 is 14.4 Å². The van der Waals surface area contributed by atoms with Crippen LogP contribution in [0.15, 0.2) is 60.8 Å². The van der Waals surface area contributed by atoms with Crippen LogP contribution in [0.25, 0.3) is 10.9 Å². The van der Waals surface area contributed by atoms with E-state index in [-0.39, 0.29) is 11.8 Å². The Morgan fingerprint density at radius 3 is 2.35 bits per heavy atom. The first kappa shape index (κ1) is 22.0. The maximum atomic E-state index is 12.7. The average molecular weight is 418 g/mol. The fourth-order valence-corrected chi connectivity index (χ4v) is 3.56. The summed E-state index contributed by atoms with van der Waals surface area (Å²) in [6, 6.07) is 16.3. The van der Waals surface area contributed by atoms with Crippen molar-refractivity contribution in [2.75, 3.05) is 5.32 Å². The van der Waals surface area contributed by atoms with Gasteiger partial charge in [-0.1, -0.05) is 43.2 Å². The normalized spacial score (nSPS) is 11.7. The van der Waals surface area contributed by atoms with Crippen LogP contribution >= 0.6 is 0 Å². The Balaban J connectivity index is 1.65. The zero-order chi connectivity index (χ0) is 22.2. The number of para-hydroxylation sites is 1. The highest BCUT2D eigenvalue weighted by molar-refractivity contribution is 6.08. The number of primary amides is 2. The van der Waals surface area contributed by atoms with Crippen LogP contribution in [0.5, 0.6) is 0 Å². The van der Waals surface area contributed by atoms with Gasteiger partial charge in [0.05, 0.1) is 17.1 Å². The summed E-state index contributed by atoms with van der Waals surface area (Å²) in [5.41, 5.74) is 13.3. The third-order valence-electron chi connectivity index (χ3n) is 5.22. The fourth-order valence-electron chi connectivity index (χ4n) is 3.56. The number of pyridine rings is 1. The zero-order valence-corrected chi connectivity index (χ0v) is 17.2. The standard InChI is InChI=1S/C24H26N4O3/c25-21(29)10-3-1-2-8-19(23(26)30)16-11-13-18(14-12-16)24(31)28-20-9-4-6-17-7-5-15-27-22(17)20/h4-7,9,11-15,19H,1-3,8,10H2,(H2,25,29)(H2,26,30)(H,28,31). The predicted octanol–water partition coefficient (Wildman–Crippen LogP) is 3.49. The second-order valence-electron chi connectivity index (χ2n) is 7.48. The molecule has 1 aromatic heterocycles. The van der Waals surface area contributed by atoms with Crippen molar-refractivity contribution in [3.8, 4) is 0 Å². The maximum Gasteiger partial charge on any atom is 0.255 e. The number of carbonyl (C=O) groups is 3. The Morgan fingerprint density at radius 2 is 1.65 bits per heavy atom. The number of amides is 3. The first-order valence-electron chi connectivity index (χ1n) is 10.3. The first-order chi connectivity index (χ1) is 15.0. The van der Waals surface area contributed by atoms with E-state index in [9.17, 15) is 14.4 Å². The van der Waals surface area contributed by atoms with Gasteiger partial charge >= 0.3 is 0 Å². The summed E-state index contributed by atoms with van der Waals surface area (Å²) < 4.78 is 0. The van der Waals surface area contributed by atoms with Gasteiger partial charge in [0.25, 0.3) is 5.91 Å². The van der Waals surface area contributed by atoms with Gasteiger partial charge in [0.1, 0.15) is 0 Å². The Kier molecular flexibility index (Phi) is 7.32. The zero-order valence-electron chi connectivity index (χ0n) is 17.2. The van der Waals surface area contributed by atoms with Crippen LogP contribution in [0.3, 0.4) is 0 Å². The molecule has 3 aromatic rings. The topological polar surface area (TPSA) is 128 Å². The molecule has 0 bridgehead atoms. The smallest absolute Gasteiger partial charge is 0.255 e. The number of nitrogens with zero attached hydrogens (tertiary/aromatic N) is 1. The molecule has 3 rings (SSSR count). The van der Waals surface area contributed by atoms with Crippen LogP contribution in [0.2, 0.25) is 0 Å². The number of nitrogens with two attached hydrogens (primary N) is 2. The molecule has 2 aromatic carbocycles. The lowest BCUT2D eigenvalue weighted by molar-refractivity contribution is -0.120. The average Bonchev–Trinajstić information content (AvgIpc) is 2.76. The van der Waals surface area contributed by atoms with Gasteiger partial charge in [0, 0.05) is 23.6 Å². The number of benzene rings is 2. The molecule has 0 aliphatic heterocycles. The van der Waals surface area contributed by atoms with Gasteiger partial charge < -0.3 is 16.8 Å². The second kappa shape index (κ2) is 10.3.